The summed E-state index contributed by atoms with van der Waals surface area (Å²) in [7, 11) is 0. The van der Waals surface area contributed by atoms with Crippen molar-refractivity contribution in [3.63, 3.8) is 0 Å². The number of nitrogens with zero attached hydrogens (tertiary/aromatic N) is 4. The van der Waals surface area contributed by atoms with Gasteiger partial charge in [-0.2, -0.15) is 0 Å². The molecule has 1 aliphatic carbocycles. The van der Waals surface area contributed by atoms with Gasteiger partial charge < -0.3 is 14.2 Å². The summed E-state index contributed by atoms with van der Waals surface area (Å²) in [5.74, 6) is 2.43. The van der Waals surface area contributed by atoms with Crippen LogP contribution in [-0.4, -0.2) is 38.7 Å². The van der Waals surface area contributed by atoms with Crippen LogP contribution < -0.4 is 4.74 Å². The van der Waals surface area contributed by atoms with Crippen molar-refractivity contribution in [1.82, 2.24) is 19.7 Å². The van der Waals surface area contributed by atoms with E-state index >= 15 is 0 Å². The first kappa shape index (κ1) is 16.1. The molecule has 6 nitrogen and oxygen atoms in total. The molecule has 4 rings (SSSR count). The second kappa shape index (κ2) is 7.25. The van der Waals surface area contributed by atoms with Crippen molar-refractivity contribution in [1.29, 1.82) is 0 Å². The van der Waals surface area contributed by atoms with Crippen LogP contribution in [-0.2, 0) is 11.3 Å². The van der Waals surface area contributed by atoms with Gasteiger partial charge in [-0.25, -0.2) is 0 Å². The van der Waals surface area contributed by atoms with E-state index in [0.29, 0.717) is 0 Å². The van der Waals surface area contributed by atoms with E-state index in [0.717, 1.165) is 49.8 Å². The number of carbonyl (C=O) groups is 1. The number of hydrogen-bond donors (Lipinski definition) is 0. The molecule has 0 bridgehead atoms. The van der Waals surface area contributed by atoms with Gasteiger partial charge in [-0.3, -0.25) is 4.79 Å². The largest absolute Gasteiger partial charge is 0.484 e. The second-order valence-electron chi connectivity index (χ2n) is 6.99. The van der Waals surface area contributed by atoms with Gasteiger partial charge in [0.05, 0.1) is 6.04 Å². The number of ether oxygens (including phenoxy) is 1. The summed E-state index contributed by atoms with van der Waals surface area (Å²) < 4.78 is 7.80. The van der Waals surface area contributed by atoms with Gasteiger partial charge in [0.1, 0.15) is 12.1 Å². The lowest BCUT2D eigenvalue weighted by molar-refractivity contribution is -0.137. The van der Waals surface area contributed by atoms with Gasteiger partial charge in [-0.15, -0.1) is 10.2 Å². The van der Waals surface area contributed by atoms with Gasteiger partial charge >= 0.3 is 0 Å². The number of rotatable bonds is 6. The zero-order valence-electron chi connectivity index (χ0n) is 14.4. The fourth-order valence-electron chi connectivity index (χ4n) is 3.48. The van der Waals surface area contributed by atoms with E-state index in [9.17, 15) is 4.79 Å². The van der Waals surface area contributed by atoms with Gasteiger partial charge in [0.2, 0.25) is 0 Å². The number of amides is 1. The molecule has 1 saturated carbocycles. The van der Waals surface area contributed by atoms with Crippen LogP contribution in [0.2, 0.25) is 0 Å². The summed E-state index contributed by atoms with van der Waals surface area (Å²) in [5.41, 5.74) is 0. The maximum absolute atomic E-state index is 12.8. The molecule has 1 amide bonds. The summed E-state index contributed by atoms with van der Waals surface area (Å²) in [6.07, 6.45) is 7.48. The Morgan fingerprint density at radius 3 is 2.80 bits per heavy atom. The zero-order chi connectivity index (χ0) is 17.1. The number of benzene rings is 1. The molecular formula is C19H24N4O2. The van der Waals surface area contributed by atoms with Crippen LogP contribution in [0.4, 0.5) is 0 Å². The lowest BCUT2D eigenvalue weighted by atomic mass is 10.0. The van der Waals surface area contributed by atoms with Crippen LogP contribution in [0.25, 0.3) is 0 Å². The molecule has 132 valence electrons. The fraction of sp³-hybridized carbons (Fsp3) is 0.526. The lowest BCUT2D eigenvalue weighted by Gasteiger charge is -2.35. The summed E-state index contributed by atoms with van der Waals surface area (Å²) in [5, 5.41) is 8.46. The van der Waals surface area contributed by atoms with E-state index in [1.165, 1.54) is 12.8 Å². The number of hydrogen-bond acceptors (Lipinski definition) is 4. The Hall–Kier alpha value is -2.37. The molecule has 1 aliphatic heterocycles. The minimum atomic E-state index is 0.0156. The highest BCUT2D eigenvalue weighted by Crippen LogP contribution is 2.34. The molecule has 0 radical (unpaired) electrons. The Bertz CT molecular complexity index is 711. The molecule has 1 aromatic carbocycles. The number of aromatic nitrogens is 3. The zero-order valence-corrected chi connectivity index (χ0v) is 14.4. The smallest absolute Gasteiger partial charge is 0.261 e. The first-order valence-corrected chi connectivity index (χ1v) is 9.16. The maximum Gasteiger partial charge on any atom is 0.261 e. The van der Waals surface area contributed by atoms with E-state index in [2.05, 4.69) is 14.8 Å². The van der Waals surface area contributed by atoms with Crippen LogP contribution in [0.1, 0.15) is 44.0 Å². The first-order chi connectivity index (χ1) is 12.3. The van der Waals surface area contributed by atoms with Crippen LogP contribution in [0, 0.1) is 5.92 Å². The van der Waals surface area contributed by atoms with Crippen molar-refractivity contribution in [3.8, 4) is 5.75 Å². The third-order valence-electron chi connectivity index (χ3n) is 5.02. The molecule has 0 spiro atoms. The second-order valence-corrected chi connectivity index (χ2v) is 6.99. The van der Waals surface area contributed by atoms with Gasteiger partial charge in [-0.05, 0) is 50.2 Å². The highest BCUT2D eigenvalue weighted by Gasteiger charge is 2.32. The molecule has 2 aliphatic rings. The average Bonchev–Trinajstić information content (AvgIpc) is 3.36. The maximum atomic E-state index is 12.8. The topological polar surface area (TPSA) is 60.2 Å². The highest BCUT2D eigenvalue weighted by atomic mass is 16.5. The SMILES string of the molecule is O=C(COc1ccccc1)N1CCCCC1c1nncn1CC1CC1. The Balaban J connectivity index is 1.45. The van der Waals surface area contributed by atoms with E-state index in [-0.39, 0.29) is 18.6 Å². The van der Waals surface area contributed by atoms with Crippen LogP contribution in [0.3, 0.4) is 0 Å². The van der Waals surface area contributed by atoms with Crippen molar-refractivity contribution < 1.29 is 9.53 Å². The highest BCUT2D eigenvalue weighted by molar-refractivity contribution is 5.78. The average molecular weight is 340 g/mol. The van der Waals surface area contributed by atoms with E-state index in [1.807, 2.05) is 41.6 Å². The lowest BCUT2D eigenvalue weighted by Crippen LogP contribution is -2.42. The summed E-state index contributed by atoms with van der Waals surface area (Å²) in [6, 6.07) is 9.50. The van der Waals surface area contributed by atoms with Gasteiger partial charge in [-0.1, -0.05) is 18.2 Å². The minimum absolute atomic E-state index is 0.0156. The Morgan fingerprint density at radius 2 is 2.00 bits per heavy atom. The van der Waals surface area contributed by atoms with E-state index in [1.54, 1.807) is 0 Å². The minimum Gasteiger partial charge on any atom is -0.484 e. The molecule has 1 unspecified atom stereocenters. The summed E-state index contributed by atoms with van der Waals surface area (Å²) >= 11 is 0. The van der Waals surface area contributed by atoms with Crippen LogP contribution >= 0.6 is 0 Å². The molecule has 2 heterocycles. The predicted molar refractivity (Wildman–Crippen MR) is 93.0 cm³/mol. The Kier molecular flexibility index (Phi) is 4.68. The standard InChI is InChI=1S/C19H24N4O2/c24-18(13-25-16-6-2-1-3-7-16)23-11-5-4-8-17(23)19-21-20-14-22(19)12-15-9-10-15/h1-3,6-7,14-15,17H,4-5,8-13H2. The molecule has 0 N–H and O–H groups in total. The fourth-order valence-corrected chi connectivity index (χ4v) is 3.48. The molecule has 1 saturated heterocycles. The third kappa shape index (κ3) is 3.83. The number of piperidine rings is 1. The number of para-hydroxylation sites is 1. The summed E-state index contributed by atoms with van der Waals surface area (Å²) in [6.45, 7) is 1.80. The molecule has 1 atom stereocenters. The number of carbonyl (C=O) groups excluding carboxylic acids is 1. The third-order valence-corrected chi connectivity index (χ3v) is 5.02. The Morgan fingerprint density at radius 1 is 1.16 bits per heavy atom. The van der Waals surface area contributed by atoms with Crippen LogP contribution in [0.5, 0.6) is 5.75 Å². The van der Waals surface area contributed by atoms with Gasteiger partial charge in [0.25, 0.3) is 5.91 Å². The van der Waals surface area contributed by atoms with Crippen LogP contribution in [0.15, 0.2) is 36.7 Å². The predicted octanol–water partition coefficient (Wildman–Crippen LogP) is 2.82. The van der Waals surface area contributed by atoms with E-state index in [4.69, 9.17) is 4.74 Å². The molecular weight excluding hydrogens is 316 g/mol. The molecule has 1 aromatic heterocycles. The molecule has 2 aromatic rings. The van der Waals surface area contributed by atoms with Crippen molar-refractivity contribution >= 4 is 5.91 Å². The number of likely N-dealkylation sites (tertiary alicyclic amines) is 1. The van der Waals surface area contributed by atoms with E-state index < -0.39 is 0 Å². The molecule has 25 heavy (non-hydrogen) atoms. The monoisotopic (exact) mass is 340 g/mol. The van der Waals surface area contributed by atoms with Crippen molar-refractivity contribution in [3.05, 3.63) is 42.5 Å². The Labute approximate surface area is 147 Å². The summed E-state index contributed by atoms with van der Waals surface area (Å²) in [4.78, 5) is 14.7. The first-order valence-electron chi connectivity index (χ1n) is 9.16. The van der Waals surface area contributed by atoms with Crippen molar-refractivity contribution in [2.24, 2.45) is 5.92 Å². The van der Waals surface area contributed by atoms with Crippen molar-refractivity contribution in [2.75, 3.05) is 13.2 Å². The van der Waals surface area contributed by atoms with Gasteiger partial charge in [0.15, 0.2) is 12.4 Å². The molecule has 6 heteroatoms. The van der Waals surface area contributed by atoms with Gasteiger partial charge in [0, 0.05) is 13.1 Å². The molecule has 2 fully saturated rings. The quantitative estimate of drug-likeness (QED) is 0.811. The van der Waals surface area contributed by atoms with Crippen molar-refractivity contribution in [2.45, 2.75) is 44.7 Å². The normalized spacial score (nSPS) is 20.5.